The number of fused-ring (bicyclic) bond motifs is 1. The highest BCUT2D eigenvalue weighted by molar-refractivity contribution is 5.78. The van der Waals surface area contributed by atoms with Crippen LogP contribution in [0.15, 0.2) is 16.7 Å². The van der Waals surface area contributed by atoms with Gasteiger partial charge in [-0.3, -0.25) is 4.79 Å². The molecule has 17 heavy (non-hydrogen) atoms. The zero-order valence-corrected chi connectivity index (χ0v) is 10.2. The van der Waals surface area contributed by atoms with Gasteiger partial charge in [-0.15, -0.1) is 0 Å². The molecule has 1 heterocycles. The van der Waals surface area contributed by atoms with E-state index < -0.39 is 0 Å². The molecule has 0 saturated heterocycles. The number of hydrogen-bond acceptors (Lipinski definition) is 3. The van der Waals surface area contributed by atoms with Gasteiger partial charge in [-0.25, -0.2) is 0 Å². The molecule has 1 aliphatic rings. The predicted octanol–water partition coefficient (Wildman–Crippen LogP) is 1.76. The van der Waals surface area contributed by atoms with Crippen LogP contribution in [-0.4, -0.2) is 12.5 Å². The Morgan fingerprint density at radius 1 is 1.71 bits per heavy atom. The highest BCUT2D eigenvalue weighted by Crippen LogP contribution is 2.30. The number of amides is 1. The first-order valence-electron chi connectivity index (χ1n) is 6.29. The Balaban J connectivity index is 1.99. The molecule has 0 aliphatic heterocycles. The third kappa shape index (κ3) is 2.69. The lowest BCUT2D eigenvalue weighted by Crippen LogP contribution is -2.35. The van der Waals surface area contributed by atoms with E-state index in [1.807, 2.05) is 13.0 Å². The molecule has 94 valence electrons. The van der Waals surface area contributed by atoms with E-state index in [2.05, 4.69) is 5.32 Å². The van der Waals surface area contributed by atoms with E-state index in [1.165, 1.54) is 0 Å². The van der Waals surface area contributed by atoms with Crippen LogP contribution in [0.4, 0.5) is 0 Å². The molecule has 0 saturated carbocycles. The summed E-state index contributed by atoms with van der Waals surface area (Å²) in [7, 11) is 0. The second kappa shape index (κ2) is 5.36. The summed E-state index contributed by atoms with van der Waals surface area (Å²) < 4.78 is 5.40. The fourth-order valence-corrected chi connectivity index (χ4v) is 2.33. The molecular formula is C13H20N2O2. The molecule has 4 nitrogen and oxygen atoms in total. The minimum atomic E-state index is -0.0164. The number of hydrogen-bond donors (Lipinski definition) is 2. The second-order valence-corrected chi connectivity index (χ2v) is 4.73. The van der Waals surface area contributed by atoms with E-state index in [-0.39, 0.29) is 17.9 Å². The Labute approximate surface area is 102 Å². The number of furan rings is 1. The largest absolute Gasteiger partial charge is 0.469 e. The fraction of sp³-hybridized carbons (Fsp3) is 0.615. The smallest absolute Gasteiger partial charge is 0.223 e. The first-order chi connectivity index (χ1) is 8.22. The number of carbonyl (C=O) groups is 1. The van der Waals surface area contributed by atoms with E-state index >= 15 is 0 Å². The van der Waals surface area contributed by atoms with Crippen molar-refractivity contribution in [2.24, 2.45) is 11.7 Å². The van der Waals surface area contributed by atoms with Crippen molar-refractivity contribution in [1.82, 2.24) is 5.32 Å². The normalized spacial score (nSPS) is 20.7. The molecule has 1 aromatic heterocycles. The van der Waals surface area contributed by atoms with Crippen molar-refractivity contribution in [3.05, 3.63) is 23.7 Å². The topological polar surface area (TPSA) is 68.3 Å². The van der Waals surface area contributed by atoms with Gasteiger partial charge in [0.1, 0.15) is 5.76 Å². The maximum absolute atomic E-state index is 11.9. The number of nitrogens with two attached hydrogens (primary N) is 1. The first-order valence-corrected chi connectivity index (χ1v) is 6.29. The van der Waals surface area contributed by atoms with Crippen LogP contribution in [0, 0.1) is 5.92 Å². The molecule has 2 rings (SSSR count). The molecule has 2 atom stereocenters. The molecule has 0 aromatic carbocycles. The first kappa shape index (κ1) is 12.2. The van der Waals surface area contributed by atoms with Crippen molar-refractivity contribution in [2.75, 3.05) is 6.54 Å². The minimum Gasteiger partial charge on any atom is -0.469 e. The summed E-state index contributed by atoms with van der Waals surface area (Å²) in [6.07, 6.45) is 5.48. The van der Waals surface area contributed by atoms with Crippen LogP contribution in [0.3, 0.4) is 0 Å². The molecule has 0 spiro atoms. The average molecular weight is 236 g/mol. The van der Waals surface area contributed by atoms with Crippen molar-refractivity contribution >= 4 is 5.91 Å². The lowest BCUT2D eigenvalue weighted by molar-refractivity contribution is -0.125. The van der Waals surface area contributed by atoms with Crippen LogP contribution in [0.5, 0.6) is 0 Å². The van der Waals surface area contributed by atoms with Crippen LogP contribution in [0.25, 0.3) is 0 Å². The average Bonchev–Trinajstić information content (AvgIpc) is 2.78. The molecule has 0 radical (unpaired) electrons. The van der Waals surface area contributed by atoms with Gasteiger partial charge in [0.15, 0.2) is 0 Å². The summed E-state index contributed by atoms with van der Waals surface area (Å²) in [5.74, 6) is 1.10. The van der Waals surface area contributed by atoms with Gasteiger partial charge in [-0.1, -0.05) is 6.92 Å². The van der Waals surface area contributed by atoms with Crippen molar-refractivity contribution in [1.29, 1.82) is 0 Å². The van der Waals surface area contributed by atoms with Gasteiger partial charge < -0.3 is 15.5 Å². The maximum atomic E-state index is 11.9. The van der Waals surface area contributed by atoms with Crippen molar-refractivity contribution in [2.45, 2.75) is 38.6 Å². The van der Waals surface area contributed by atoms with Crippen LogP contribution in [0.2, 0.25) is 0 Å². The molecule has 4 heteroatoms. The molecule has 0 fully saturated rings. The summed E-state index contributed by atoms with van der Waals surface area (Å²) in [6.45, 7) is 2.47. The minimum absolute atomic E-state index is 0.0164. The zero-order chi connectivity index (χ0) is 12.3. The van der Waals surface area contributed by atoms with Crippen LogP contribution >= 0.6 is 0 Å². The fourth-order valence-electron chi connectivity index (χ4n) is 2.33. The standard InChI is InChI=1S/C13H20N2O2/c1-9(5-7-14)13(16)15-11-3-2-4-12-10(11)6-8-17-12/h6,8-9,11H,2-5,7,14H2,1H3,(H,15,16). The van der Waals surface area contributed by atoms with Gasteiger partial charge in [0.25, 0.3) is 0 Å². The van der Waals surface area contributed by atoms with Gasteiger partial charge in [0, 0.05) is 17.9 Å². The Morgan fingerprint density at radius 2 is 2.53 bits per heavy atom. The number of aryl methyl sites for hydroxylation is 1. The van der Waals surface area contributed by atoms with Crippen LogP contribution in [-0.2, 0) is 11.2 Å². The lowest BCUT2D eigenvalue weighted by Gasteiger charge is -2.24. The van der Waals surface area contributed by atoms with Gasteiger partial charge in [0.05, 0.1) is 12.3 Å². The summed E-state index contributed by atoms with van der Waals surface area (Å²) in [5, 5.41) is 3.09. The molecule has 0 bridgehead atoms. The predicted molar refractivity (Wildman–Crippen MR) is 65.4 cm³/mol. The van der Waals surface area contributed by atoms with E-state index in [0.29, 0.717) is 6.54 Å². The van der Waals surface area contributed by atoms with Crippen molar-refractivity contribution < 1.29 is 9.21 Å². The molecule has 1 aromatic rings. The Hall–Kier alpha value is -1.29. The Kier molecular flexibility index (Phi) is 3.84. The third-order valence-corrected chi connectivity index (χ3v) is 3.42. The SMILES string of the molecule is CC(CCN)C(=O)NC1CCCc2occc21. The van der Waals surface area contributed by atoms with E-state index in [9.17, 15) is 4.79 Å². The highest BCUT2D eigenvalue weighted by Gasteiger charge is 2.25. The maximum Gasteiger partial charge on any atom is 0.223 e. The van der Waals surface area contributed by atoms with E-state index in [4.69, 9.17) is 10.2 Å². The summed E-state index contributed by atoms with van der Waals surface area (Å²) in [6, 6.07) is 2.08. The van der Waals surface area contributed by atoms with Crippen LogP contribution < -0.4 is 11.1 Å². The number of nitrogens with one attached hydrogen (secondary N) is 1. The van der Waals surface area contributed by atoms with Gasteiger partial charge >= 0.3 is 0 Å². The summed E-state index contributed by atoms with van der Waals surface area (Å²) >= 11 is 0. The lowest BCUT2D eigenvalue weighted by atomic mass is 9.93. The molecular weight excluding hydrogens is 216 g/mol. The molecule has 1 amide bonds. The molecule has 1 aliphatic carbocycles. The second-order valence-electron chi connectivity index (χ2n) is 4.73. The quantitative estimate of drug-likeness (QED) is 0.837. The van der Waals surface area contributed by atoms with Gasteiger partial charge in [-0.2, -0.15) is 0 Å². The van der Waals surface area contributed by atoms with Gasteiger partial charge in [-0.05, 0) is 31.9 Å². The summed E-state index contributed by atoms with van der Waals surface area (Å²) in [5.41, 5.74) is 6.61. The third-order valence-electron chi connectivity index (χ3n) is 3.42. The highest BCUT2D eigenvalue weighted by atomic mass is 16.3. The number of carbonyl (C=O) groups excluding carboxylic acids is 1. The number of rotatable bonds is 4. The monoisotopic (exact) mass is 236 g/mol. The van der Waals surface area contributed by atoms with E-state index in [1.54, 1.807) is 6.26 Å². The Morgan fingerprint density at radius 3 is 3.29 bits per heavy atom. The summed E-state index contributed by atoms with van der Waals surface area (Å²) in [4.78, 5) is 11.9. The Bertz CT molecular complexity index is 387. The zero-order valence-electron chi connectivity index (χ0n) is 10.2. The van der Waals surface area contributed by atoms with Crippen LogP contribution in [0.1, 0.15) is 43.6 Å². The van der Waals surface area contributed by atoms with Crippen molar-refractivity contribution in [3.8, 4) is 0 Å². The molecule has 3 N–H and O–H groups in total. The molecule has 2 unspecified atom stereocenters. The van der Waals surface area contributed by atoms with Crippen molar-refractivity contribution in [3.63, 3.8) is 0 Å². The van der Waals surface area contributed by atoms with Gasteiger partial charge in [0.2, 0.25) is 5.91 Å². The van der Waals surface area contributed by atoms with E-state index in [0.717, 1.165) is 37.0 Å².